The molecule has 0 bridgehead atoms. The Kier molecular flexibility index (Phi) is 4.09. The number of carbonyl (C=O) groups excluding carboxylic acids is 1. The number of aromatic amines is 1. The number of likely N-dealkylation sites (N-methyl/N-ethyl adjacent to an activating group) is 1. The maximum atomic E-state index is 11.8. The van der Waals surface area contributed by atoms with Crippen molar-refractivity contribution in [2.45, 2.75) is 26.8 Å². The number of hydrogen-bond acceptors (Lipinski definition) is 2. The summed E-state index contributed by atoms with van der Waals surface area (Å²) < 4.78 is 0. The Morgan fingerprint density at radius 1 is 1.67 bits per heavy atom. The van der Waals surface area contributed by atoms with Crippen molar-refractivity contribution in [3.05, 3.63) is 29.9 Å². The molecule has 0 aliphatic rings. The van der Waals surface area contributed by atoms with E-state index in [1.54, 1.807) is 24.3 Å². The summed E-state index contributed by atoms with van der Waals surface area (Å²) in [5, 5.41) is 0. The van der Waals surface area contributed by atoms with Gasteiger partial charge in [0.05, 0.1) is 6.54 Å². The predicted molar refractivity (Wildman–Crippen MR) is 59.1 cm³/mol. The summed E-state index contributed by atoms with van der Waals surface area (Å²) in [6.45, 7) is 4.37. The van der Waals surface area contributed by atoms with Gasteiger partial charge in [-0.2, -0.15) is 0 Å². The van der Waals surface area contributed by atoms with Gasteiger partial charge in [0.2, 0.25) is 5.91 Å². The van der Waals surface area contributed by atoms with Crippen LogP contribution in [-0.2, 0) is 11.3 Å². The third kappa shape index (κ3) is 3.23. The first-order valence-corrected chi connectivity index (χ1v) is 5.05. The fourth-order valence-electron chi connectivity index (χ4n) is 1.38. The minimum atomic E-state index is 0.0493. The van der Waals surface area contributed by atoms with Gasteiger partial charge in [-0.15, -0.1) is 0 Å². The molecule has 1 aromatic heterocycles. The lowest BCUT2D eigenvalue weighted by Crippen LogP contribution is -2.27. The molecule has 4 nitrogen and oxygen atoms in total. The fourth-order valence-corrected chi connectivity index (χ4v) is 1.38. The molecule has 0 fully saturated rings. The summed E-state index contributed by atoms with van der Waals surface area (Å²) in [5.74, 6) is 0.850. The van der Waals surface area contributed by atoms with Gasteiger partial charge in [0.1, 0.15) is 5.82 Å². The molecule has 0 unspecified atom stereocenters. The van der Waals surface area contributed by atoms with Gasteiger partial charge in [0, 0.05) is 25.0 Å². The number of nitrogens with one attached hydrogen (secondary N) is 1. The lowest BCUT2D eigenvalue weighted by molar-refractivity contribution is -0.126. The minimum absolute atomic E-state index is 0.0493. The van der Waals surface area contributed by atoms with Crippen LogP contribution in [0.3, 0.4) is 0 Å². The van der Waals surface area contributed by atoms with Crippen molar-refractivity contribution in [3.63, 3.8) is 0 Å². The quantitative estimate of drug-likeness (QED) is 0.764. The Hall–Kier alpha value is -1.58. The summed E-state index contributed by atoms with van der Waals surface area (Å²) in [4.78, 5) is 20.5. The molecule has 15 heavy (non-hydrogen) atoms. The van der Waals surface area contributed by atoms with E-state index in [0.717, 1.165) is 17.8 Å². The van der Waals surface area contributed by atoms with E-state index in [-0.39, 0.29) is 5.91 Å². The Balaban J connectivity index is 2.57. The molecule has 0 aliphatic heterocycles. The molecule has 0 saturated carbocycles. The van der Waals surface area contributed by atoms with Crippen molar-refractivity contribution in [3.8, 4) is 0 Å². The Labute approximate surface area is 90.0 Å². The van der Waals surface area contributed by atoms with Crippen LogP contribution in [0, 0.1) is 0 Å². The Morgan fingerprint density at radius 3 is 2.93 bits per heavy atom. The largest absolute Gasteiger partial charge is 0.347 e. The zero-order valence-electron chi connectivity index (χ0n) is 9.45. The van der Waals surface area contributed by atoms with Gasteiger partial charge in [-0.1, -0.05) is 13.0 Å². The second kappa shape index (κ2) is 5.34. The van der Waals surface area contributed by atoms with Crippen LogP contribution in [0.2, 0.25) is 0 Å². The molecule has 4 heteroatoms. The van der Waals surface area contributed by atoms with Gasteiger partial charge in [-0.05, 0) is 13.3 Å². The number of H-pyrrole nitrogens is 1. The second-order valence-electron chi connectivity index (χ2n) is 3.49. The highest BCUT2D eigenvalue weighted by atomic mass is 16.2. The van der Waals surface area contributed by atoms with Crippen molar-refractivity contribution < 1.29 is 4.79 Å². The molecule has 1 rings (SSSR count). The van der Waals surface area contributed by atoms with E-state index in [1.807, 2.05) is 19.9 Å². The van der Waals surface area contributed by atoms with Crippen molar-refractivity contribution >= 4 is 5.91 Å². The second-order valence-corrected chi connectivity index (χ2v) is 3.49. The molecule has 0 aliphatic carbocycles. The molecule has 0 atom stereocenters. The van der Waals surface area contributed by atoms with E-state index in [9.17, 15) is 4.79 Å². The zero-order chi connectivity index (χ0) is 11.3. The summed E-state index contributed by atoms with van der Waals surface area (Å²) in [7, 11) is 1.78. The number of aromatic nitrogens is 2. The zero-order valence-corrected chi connectivity index (χ0v) is 9.45. The SMILES string of the molecule is CCC=C(C)C(=O)N(C)Cc1ncc[nH]1. The Morgan fingerprint density at radius 2 is 2.40 bits per heavy atom. The van der Waals surface area contributed by atoms with Gasteiger partial charge < -0.3 is 9.88 Å². The lowest BCUT2D eigenvalue weighted by Gasteiger charge is -2.15. The molecule has 0 aromatic carbocycles. The van der Waals surface area contributed by atoms with Crippen LogP contribution >= 0.6 is 0 Å². The van der Waals surface area contributed by atoms with Crippen LogP contribution in [0.15, 0.2) is 24.0 Å². The monoisotopic (exact) mass is 207 g/mol. The highest BCUT2D eigenvalue weighted by Gasteiger charge is 2.11. The Bertz CT molecular complexity index is 341. The average molecular weight is 207 g/mol. The van der Waals surface area contributed by atoms with E-state index < -0.39 is 0 Å². The van der Waals surface area contributed by atoms with Crippen LogP contribution in [0.1, 0.15) is 26.1 Å². The number of amides is 1. The molecular weight excluding hydrogens is 190 g/mol. The summed E-state index contributed by atoms with van der Waals surface area (Å²) >= 11 is 0. The molecule has 0 saturated heterocycles. The predicted octanol–water partition coefficient (Wildman–Crippen LogP) is 1.72. The number of carbonyl (C=O) groups is 1. The molecule has 1 heterocycles. The average Bonchev–Trinajstić information content (AvgIpc) is 2.69. The maximum Gasteiger partial charge on any atom is 0.249 e. The topological polar surface area (TPSA) is 49.0 Å². The van der Waals surface area contributed by atoms with Gasteiger partial charge in [-0.25, -0.2) is 4.98 Å². The first kappa shape index (κ1) is 11.5. The fraction of sp³-hybridized carbons (Fsp3) is 0.455. The van der Waals surface area contributed by atoms with Crippen molar-refractivity contribution in [1.82, 2.24) is 14.9 Å². The molecule has 1 N–H and O–H groups in total. The molecule has 0 radical (unpaired) electrons. The normalized spacial score (nSPS) is 11.5. The highest BCUT2D eigenvalue weighted by molar-refractivity contribution is 5.92. The number of nitrogens with zero attached hydrogens (tertiary/aromatic N) is 2. The summed E-state index contributed by atoms with van der Waals surface area (Å²) in [5.41, 5.74) is 0.784. The molecule has 0 spiro atoms. The molecular formula is C11H17N3O. The van der Waals surface area contributed by atoms with Gasteiger partial charge >= 0.3 is 0 Å². The first-order valence-electron chi connectivity index (χ1n) is 5.05. The number of rotatable bonds is 4. The number of hydrogen-bond donors (Lipinski definition) is 1. The maximum absolute atomic E-state index is 11.8. The third-order valence-electron chi connectivity index (χ3n) is 2.14. The van der Waals surface area contributed by atoms with Crippen LogP contribution < -0.4 is 0 Å². The molecule has 1 amide bonds. The van der Waals surface area contributed by atoms with Crippen molar-refractivity contribution in [2.75, 3.05) is 7.05 Å². The van der Waals surface area contributed by atoms with Gasteiger partial charge in [0.25, 0.3) is 0 Å². The van der Waals surface area contributed by atoms with Gasteiger partial charge in [0.15, 0.2) is 0 Å². The van der Waals surface area contributed by atoms with Crippen LogP contribution in [-0.4, -0.2) is 27.8 Å². The molecule has 82 valence electrons. The number of allylic oxidation sites excluding steroid dienone is 1. The highest BCUT2D eigenvalue weighted by Crippen LogP contribution is 2.03. The van der Waals surface area contributed by atoms with E-state index in [0.29, 0.717) is 6.54 Å². The third-order valence-corrected chi connectivity index (χ3v) is 2.14. The smallest absolute Gasteiger partial charge is 0.249 e. The van der Waals surface area contributed by atoms with Crippen LogP contribution in [0.4, 0.5) is 0 Å². The van der Waals surface area contributed by atoms with Gasteiger partial charge in [-0.3, -0.25) is 4.79 Å². The summed E-state index contributed by atoms with van der Waals surface area (Å²) in [6, 6.07) is 0. The minimum Gasteiger partial charge on any atom is -0.347 e. The van der Waals surface area contributed by atoms with E-state index in [2.05, 4.69) is 9.97 Å². The van der Waals surface area contributed by atoms with Crippen molar-refractivity contribution in [2.24, 2.45) is 0 Å². The van der Waals surface area contributed by atoms with Crippen LogP contribution in [0.5, 0.6) is 0 Å². The first-order chi connectivity index (χ1) is 7.15. The number of imidazole rings is 1. The lowest BCUT2D eigenvalue weighted by atomic mass is 10.2. The van der Waals surface area contributed by atoms with E-state index in [1.165, 1.54) is 0 Å². The summed E-state index contributed by atoms with van der Waals surface area (Å²) in [6.07, 6.45) is 6.25. The molecule has 1 aromatic rings. The standard InChI is InChI=1S/C11H17N3O/c1-4-5-9(2)11(15)14(3)8-10-12-6-7-13-10/h5-7H,4,8H2,1-3H3,(H,12,13). The van der Waals surface area contributed by atoms with E-state index >= 15 is 0 Å². The van der Waals surface area contributed by atoms with Crippen molar-refractivity contribution in [1.29, 1.82) is 0 Å². The van der Waals surface area contributed by atoms with Crippen LogP contribution in [0.25, 0.3) is 0 Å². The van der Waals surface area contributed by atoms with E-state index in [4.69, 9.17) is 0 Å².